The minimum absolute atomic E-state index is 0.0576. The van der Waals surface area contributed by atoms with Gasteiger partial charge in [0.25, 0.3) is 10.1 Å². The Balaban J connectivity index is 4.31. The Hall–Kier alpha value is -0.290. The maximum atomic E-state index is 10.5. The average Bonchev–Trinajstić information content (AvgIpc) is 2.16. The monoisotopic (exact) mass is 273 g/mol. The van der Waals surface area contributed by atoms with Crippen LogP contribution in [0.1, 0.15) is 6.42 Å². The zero-order chi connectivity index (χ0) is 13.5. The molecule has 0 aromatic carbocycles. The topological polar surface area (TPSA) is 139 Å². The van der Waals surface area contributed by atoms with Gasteiger partial charge in [-0.15, -0.1) is 0 Å². The first-order valence-electron chi connectivity index (χ1n) is 5.09. The molecule has 17 heavy (non-hydrogen) atoms. The summed E-state index contributed by atoms with van der Waals surface area (Å²) in [6.07, 6.45) is -1.74. The molecule has 0 fully saturated rings. The molecular formula is C8H19NO7S. The molecule has 5 N–H and O–H groups in total. The van der Waals surface area contributed by atoms with E-state index < -0.39 is 34.8 Å². The van der Waals surface area contributed by atoms with Crippen LogP contribution in [-0.4, -0.2) is 82.7 Å². The van der Waals surface area contributed by atoms with Gasteiger partial charge >= 0.3 is 0 Å². The molecule has 0 aliphatic rings. The van der Waals surface area contributed by atoms with E-state index in [0.29, 0.717) is 0 Å². The van der Waals surface area contributed by atoms with E-state index in [-0.39, 0.29) is 26.1 Å². The zero-order valence-corrected chi connectivity index (χ0v) is 10.1. The second kappa shape index (κ2) is 7.93. The Morgan fingerprint density at radius 2 is 1.71 bits per heavy atom. The number of hydrogen-bond acceptors (Lipinski definition) is 7. The van der Waals surface area contributed by atoms with E-state index in [1.807, 2.05) is 0 Å². The highest BCUT2D eigenvalue weighted by Gasteiger charge is 2.23. The minimum atomic E-state index is -4.06. The van der Waals surface area contributed by atoms with Crippen molar-refractivity contribution >= 4 is 10.1 Å². The summed E-state index contributed by atoms with van der Waals surface area (Å²) in [6, 6.07) is -0.997. The van der Waals surface area contributed by atoms with Gasteiger partial charge in [-0.3, -0.25) is 9.45 Å². The van der Waals surface area contributed by atoms with Crippen molar-refractivity contribution in [2.45, 2.75) is 18.8 Å². The third-order valence-corrected chi connectivity index (χ3v) is 3.04. The first kappa shape index (κ1) is 16.7. The quantitative estimate of drug-likeness (QED) is 0.225. The molecule has 0 aliphatic heterocycles. The van der Waals surface area contributed by atoms with Crippen molar-refractivity contribution in [3.8, 4) is 0 Å². The molecule has 0 aromatic rings. The van der Waals surface area contributed by atoms with Gasteiger partial charge in [-0.1, -0.05) is 0 Å². The van der Waals surface area contributed by atoms with Crippen LogP contribution < -0.4 is 0 Å². The maximum absolute atomic E-state index is 10.5. The first-order chi connectivity index (χ1) is 7.81. The van der Waals surface area contributed by atoms with E-state index in [1.165, 1.54) is 4.90 Å². The molecule has 8 nitrogen and oxygen atoms in total. The summed E-state index contributed by atoms with van der Waals surface area (Å²) in [5.74, 6) is -0.464. The fourth-order valence-corrected chi connectivity index (χ4v) is 1.91. The van der Waals surface area contributed by atoms with Crippen molar-refractivity contribution < 1.29 is 33.4 Å². The normalized spacial score (nSPS) is 14.5. The molecule has 9 heteroatoms. The number of nitrogens with zero attached hydrogens (tertiary/aromatic N) is 1. The molecule has 0 aromatic heterocycles. The van der Waals surface area contributed by atoms with Crippen molar-refractivity contribution in [3.05, 3.63) is 0 Å². The molecule has 104 valence electrons. The van der Waals surface area contributed by atoms with Crippen LogP contribution in [0.25, 0.3) is 0 Å². The van der Waals surface area contributed by atoms with Crippen molar-refractivity contribution in [1.82, 2.24) is 4.90 Å². The second-order valence-corrected chi connectivity index (χ2v) is 5.13. The molecule has 1 atom stereocenters. The van der Waals surface area contributed by atoms with Crippen LogP contribution in [0.5, 0.6) is 0 Å². The van der Waals surface area contributed by atoms with Crippen molar-refractivity contribution in [3.63, 3.8) is 0 Å². The Kier molecular flexibility index (Phi) is 7.79. The van der Waals surface area contributed by atoms with Crippen molar-refractivity contribution in [2.75, 3.05) is 32.1 Å². The number of aliphatic hydroxyl groups is 4. The van der Waals surface area contributed by atoms with Crippen molar-refractivity contribution in [2.24, 2.45) is 0 Å². The minimum Gasteiger partial charge on any atom is -0.395 e. The van der Waals surface area contributed by atoms with Gasteiger partial charge < -0.3 is 20.4 Å². The zero-order valence-electron chi connectivity index (χ0n) is 9.31. The Morgan fingerprint density at radius 3 is 2.06 bits per heavy atom. The van der Waals surface area contributed by atoms with Gasteiger partial charge in [0.1, 0.15) is 0 Å². The summed E-state index contributed by atoms with van der Waals surface area (Å²) in [5.41, 5.74) is 0. The molecule has 0 saturated carbocycles. The average molecular weight is 273 g/mol. The van der Waals surface area contributed by atoms with Crippen LogP contribution in [0, 0.1) is 0 Å². The van der Waals surface area contributed by atoms with E-state index in [4.69, 9.17) is 25.0 Å². The van der Waals surface area contributed by atoms with Crippen LogP contribution in [0.3, 0.4) is 0 Å². The van der Waals surface area contributed by atoms with Gasteiger partial charge in [-0.25, -0.2) is 0 Å². The van der Waals surface area contributed by atoms with Crippen LogP contribution in [-0.2, 0) is 10.1 Å². The molecule has 0 bridgehead atoms. The molecule has 0 spiro atoms. The Bertz CT molecular complexity index is 292. The molecule has 0 amide bonds. The fourth-order valence-electron chi connectivity index (χ4n) is 1.42. The first-order valence-corrected chi connectivity index (χ1v) is 6.69. The van der Waals surface area contributed by atoms with Gasteiger partial charge in [-0.05, 0) is 13.0 Å². The highest BCUT2D eigenvalue weighted by molar-refractivity contribution is 7.85. The van der Waals surface area contributed by atoms with E-state index in [0.717, 1.165) is 0 Å². The molecule has 0 radical (unpaired) electrons. The summed E-state index contributed by atoms with van der Waals surface area (Å²) in [5, 5.41) is 35.7. The molecular weight excluding hydrogens is 254 g/mol. The third kappa shape index (κ3) is 7.60. The summed E-state index contributed by atoms with van der Waals surface area (Å²) in [6.45, 7) is -0.643. The largest absolute Gasteiger partial charge is 0.395 e. The fraction of sp³-hybridized carbons (Fsp3) is 1.00. The van der Waals surface area contributed by atoms with E-state index in [1.54, 1.807) is 0 Å². The highest BCUT2D eigenvalue weighted by atomic mass is 32.2. The predicted octanol–water partition coefficient (Wildman–Crippen LogP) is -2.77. The molecule has 0 aliphatic carbocycles. The van der Waals surface area contributed by atoms with Gasteiger partial charge in [-0.2, -0.15) is 8.42 Å². The van der Waals surface area contributed by atoms with Gasteiger partial charge in [0, 0.05) is 6.54 Å². The Morgan fingerprint density at radius 1 is 1.12 bits per heavy atom. The van der Waals surface area contributed by atoms with Crippen LogP contribution in [0.4, 0.5) is 0 Å². The number of aliphatic hydroxyl groups excluding tert-OH is 3. The van der Waals surface area contributed by atoms with Gasteiger partial charge in [0.05, 0.1) is 25.0 Å². The van der Waals surface area contributed by atoms with Gasteiger partial charge in [0.15, 0.2) is 6.29 Å². The van der Waals surface area contributed by atoms with Crippen LogP contribution >= 0.6 is 0 Å². The molecule has 1 unspecified atom stereocenters. The lowest BCUT2D eigenvalue weighted by Gasteiger charge is -2.30. The standard InChI is InChI=1S/C8H19NO7S/c10-4-3-9(7(6-11)8(12)13)2-1-5-17(14,15)16/h7-8,10-13H,1-6H2,(H,14,15,16). The van der Waals surface area contributed by atoms with Crippen LogP contribution in [0.15, 0.2) is 0 Å². The van der Waals surface area contributed by atoms with Crippen molar-refractivity contribution in [1.29, 1.82) is 0 Å². The second-order valence-electron chi connectivity index (χ2n) is 3.56. The maximum Gasteiger partial charge on any atom is 0.264 e. The summed E-state index contributed by atoms with van der Waals surface area (Å²) in [4.78, 5) is 1.34. The lowest BCUT2D eigenvalue weighted by Crippen LogP contribution is -2.48. The third-order valence-electron chi connectivity index (χ3n) is 2.24. The van der Waals surface area contributed by atoms with E-state index >= 15 is 0 Å². The molecule has 0 heterocycles. The summed E-state index contributed by atoms with van der Waals surface area (Å²) < 4.78 is 29.5. The lowest BCUT2D eigenvalue weighted by atomic mass is 10.2. The Labute approximate surface area is 99.9 Å². The number of hydrogen-bond donors (Lipinski definition) is 5. The SMILES string of the molecule is O=S(=O)(O)CCCN(CCO)C(CO)C(O)O. The van der Waals surface area contributed by atoms with Gasteiger partial charge in [0.2, 0.25) is 0 Å². The highest BCUT2D eigenvalue weighted by Crippen LogP contribution is 2.04. The molecule has 0 saturated heterocycles. The van der Waals surface area contributed by atoms with E-state index in [2.05, 4.69) is 0 Å². The summed E-state index contributed by atoms with van der Waals surface area (Å²) >= 11 is 0. The number of rotatable bonds is 9. The lowest BCUT2D eigenvalue weighted by molar-refractivity contribution is -0.114. The predicted molar refractivity (Wildman–Crippen MR) is 58.8 cm³/mol. The van der Waals surface area contributed by atoms with Crippen LogP contribution in [0.2, 0.25) is 0 Å². The summed E-state index contributed by atoms with van der Waals surface area (Å²) in [7, 11) is -4.06. The molecule has 0 rings (SSSR count). The van der Waals surface area contributed by atoms with E-state index in [9.17, 15) is 8.42 Å². The smallest absolute Gasteiger partial charge is 0.264 e.